The molecule has 10 heteroatoms. The van der Waals surface area contributed by atoms with Crippen LogP contribution in [0.2, 0.25) is 0 Å². The average molecular weight is 529 g/mol. The van der Waals surface area contributed by atoms with Gasteiger partial charge in [-0.25, -0.2) is 12.8 Å². The Morgan fingerprint density at radius 2 is 1.78 bits per heavy atom. The minimum atomic E-state index is -3.92. The molecule has 0 aliphatic carbocycles. The van der Waals surface area contributed by atoms with Crippen molar-refractivity contribution in [1.82, 2.24) is 19.4 Å². The number of nitrogens with one attached hydrogen (secondary N) is 1. The van der Waals surface area contributed by atoms with Gasteiger partial charge in [-0.05, 0) is 45.4 Å². The Balaban J connectivity index is 1.78. The molecule has 2 aromatic carbocycles. The average Bonchev–Trinajstić information content (AvgIpc) is 3.14. The number of aryl methyl sites for hydroxylation is 1. The van der Waals surface area contributed by atoms with Crippen LogP contribution in [0.1, 0.15) is 37.6 Å². The molecule has 1 N–H and O–H groups in total. The highest BCUT2D eigenvalue weighted by Gasteiger charge is 2.30. The first-order valence-corrected chi connectivity index (χ1v) is 13.7. The van der Waals surface area contributed by atoms with Crippen molar-refractivity contribution in [1.29, 1.82) is 0 Å². The van der Waals surface area contributed by atoms with Crippen LogP contribution in [0.25, 0.3) is 11.3 Å². The maximum Gasteiger partial charge on any atom is 0.310 e. The number of rotatable bonds is 7. The van der Waals surface area contributed by atoms with E-state index in [1.54, 1.807) is 4.68 Å². The molecular weight excluding hydrogens is 495 g/mol. The van der Waals surface area contributed by atoms with Crippen LogP contribution < -0.4 is 5.32 Å². The summed E-state index contributed by atoms with van der Waals surface area (Å²) < 4.78 is 49.9. The van der Waals surface area contributed by atoms with Crippen LogP contribution in [0.4, 0.5) is 4.39 Å². The van der Waals surface area contributed by atoms with Gasteiger partial charge in [-0.15, -0.1) is 0 Å². The van der Waals surface area contributed by atoms with Gasteiger partial charge in [0.15, 0.2) is 0 Å². The summed E-state index contributed by atoms with van der Waals surface area (Å²) in [6.45, 7) is 9.04. The minimum absolute atomic E-state index is 0.0165. The van der Waals surface area contributed by atoms with Crippen LogP contribution >= 0.6 is 0 Å². The molecule has 8 nitrogen and oxygen atoms in total. The Labute approximate surface area is 217 Å². The maximum absolute atomic E-state index is 14.3. The van der Waals surface area contributed by atoms with Crippen LogP contribution in [0.5, 0.6) is 0 Å². The van der Waals surface area contributed by atoms with E-state index >= 15 is 0 Å². The van der Waals surface area contributed by atoms with Crippen LogP contribution in [0.15, 0.2) is 53.4 Å². The number of benzene rings is 2. The summed E-state index contributed by atoms with van der Waals surface area (Å²) in [6, 6.07) is 13.3. The summed E-state index contributed by atoms with van der Waals surface area (Å²) >= 11 is 0. The van der Waals surface area contributed by atoms with Crippen LogP contribution in [-0.2, 0) is 32.5 Å². The smallest absolute Gasteiger partial charge is 0.310 e. The minimum Gasteiger partial charge on any atom is -0.460 e. The van der Waals surface area contributed by atoms with E-state index in [1.807, 2.05) is 58.0 Å². The molecule has 1 aromatic heterocycles. The Bertz CT molecular complexity index is 1380. The highest BCUT2D eigenvalue weighted by molar-refractivity contribution is 7.89. The fourth-order valence-electron chi connectivity index (χ4n) is 4.47. The molecule has 0 saturated carbocycles. The molecule has 1 saturated heterocycles. The zero-order chi connectivity index (χ0) is 26.8. The van der Waals surface area contributed by atoms with Crippen molar-refractivity contribution >= 4 is 16.0 Å². The molecule has 4 rings (SSSR count). The van der Waals surface area contributed by atoms with Gasteiger partial charge in [-0.2, -0.15) is 9.40 Å². The summed E-state index contributed by atoms with van der Waals surface area (Å²) in [5.74, 6) is -1.00. The predicted octanol–water partition coefficient (Wildman–Crippen LogP) is 3.52. The Kier molecular flexibility index (Phi) is 7.82. The zero-order valence-corrected chi connectivity index (χ0v) is 22.4. The molecule has 0 atom stereocenters. The van der Waals surface area contributed by atoms with Gasteiger partial charge in [0.05, 0.1) is 29.2 Å². The summed E-state index contributed by atoms with van der Waals surface area (Å²) in [6.07, 6.45) is 0.0165. The van der Waals surface area contributed by atoms with E-state index in [9.17, 15) is 17.6 Å². The number of piperazine rings is 1. The fourth-order valence-corrected chi connectivity index (χ4v) is 6.14. The number of carbonyl (C=O) groups excluding carboxylic acids is 1. The Morgan fingerprint density at radius 1 is 1.11 bits per heavy atom. The molecule has 1 aliphatic heterocycles. The van der Waals surface area contributed by atoms with Gasteiger partial charge in [0.25, 0.3) is 0 Å². The standard InChI is InChI=1S/C27H33FN4O4S/c1-19-23(17-25(33)36-27(2,3)4)26(20-8-6-5-7-9-20)32(30-19)18-21-10-11-22(28)16-24(21)37(34,35)31-14-12-29-13-15-31/h5-11,16,29H,12-15,17-18H2,1-4H3. The molecule has 2 heterocycles. The van der Waals surface area contributed by atoms with Crippen molar-refractivity contribution in [3.05, 3.63) is 71.2 Å². The molecule has 37 heavy (non-hydrogen) atoms. The lowest BCUT2D eigenvalue weighted by atomic mass is 10.0. The topological polar surface area (TPSA) is 93.5 Å². The number of hydrogen-bond donors (Lipinski definition) is 1. The molecule has 1 fully saturated rings. The van der Waals surface area contributed by atoms with Crippen LogP contribution in [0, 0.1) is 12.7 Å². The van der Waals surface area contributed by atoms with Crippen LogP contribution in [-0.4, -0.2) is 60.3 Å². The molecule has 0 bridgehead atoms. The molecule has 198 valence electrons. The number of nitrogens with zero attached hydrogens (tertiary/aromatic N) is 3. The highest BCUT2D eigenvalue weighted by Crippen LogP contribution is 2.30. The van der Waals surface area contributed by atoms with E-state index in [2.05, 4.69) is 10.4 Å². The number of aromatic nitrogens is 2. The Hall–Kier alpha value is -3.08. The summed E-state index contributed by atoms with van der Waals surface area (Å²) in [4.78, 5) is 12.7. The number of esters is 1. The van der Waals surface area contributed by atoms with Gasteiger partial charge in [-0.1, -0.05) is 36.4 Å². The number of halogens is 1. The third-order valence-corrected chi connectivity index (χ3v) is 8.06. The van der Waals surface area contributed by atoms with Crippen molar-refractivity contribution in [2.24, 2.45) is 0 Å². The Morgan fingerprint density at radius 3 is 2.43 bits per heavy atom. The van der Waals surface area contributed by atoms with Gasteiger partial charge in [0, 0.05) is 37.3 Å². The molecule has 3 aromatic rings. The third kappa shape index (κ3) is 6.26. The summed E-state index contributed by atoms with van der Waals surface area (Å²) in [5, 5.41) is 7.82. The molecule has 0 amide bonds. The lowest BCUT2D eigenvalue weighted by Gasteiger charge is -2.27. The number of carbonyl (C=O) groups is 1. The number of sulfonamides is 1. The van der Waals surface area contributed by atoms with Crippen molar-refractivity contribution in [3.8, 4) is 11.3 Å². The first kappa shape index (κ1) is 27.0. The number of hydrogen-bond acceptors (Lipinski definition) is 6. The second-order valence-electron chi connectivity index (χ2n) is 10.1. The van der Waals surface area contributed by atoms with E-state index in [1.165, 1.54) is 16.4 Å². The van der Waals surface area contributed by atoms with E-state index in [4.69, 9.17) is 4.74 Å². The molecular formula is C27H33FN4O4S. The highest BCUT2D eigenvalue weighted by atomic mass is 32.2. The first-order chi connectivity index (χ1) is 17.5. The van der Waals surface area contributed by atoms with E-state index in [0.29, 0.717) is 48.7 Å². The van der Waals surface area contributed by atoms with Gasteiger partial charge >= 0.3 is 5.97 Å². The SMILES string of the molecule is Cc1nn(Cc2ccc(F)cc2S(=O)(=O)N2CCNCC2)c(-c2ccccc2)c1CC(=O)OC(C)(C)C. The monoisotopic (exact) mass is 528 g/mol. The molecule has 0 spiro atoms. The quantitative estimate of drug-likeness (QED) is 0.472. The summed E-state index contributed by atoms with van der Waals surface area (Å²) in [5.41, 5.74) is 2.65. The normalized spacial score (nSPS) is 15.1. The lowest BCUT2D eigenvalue weighted by molar-refractivity contribution is -0.153. The van der Waals surface area contributed by atoms with E-state index in [-0.39, 0.29) is 23.8 Å². The van der Waals surface area contributed by atoms with Gasteiger partial charge in [-0.3, -0.25) is 9.48 Å². The van der Waals surface area contributed by atoms with E-state index in [0.717, 1.165) is 11.6 Å². The van der Waals surface area contributed by atoms with E-state index < -0.39 is 21.4 Å². The maximum atomic E-state index is 14.3. The molecule has 0 radical (unpaired) electrons. The lowest BCUT2D eigenvalue weighted by Crippen LogP contribution is -2.46. The van der Waals surface area contributed by atoms with Crippen molar-refractivity contribution < 1.29 is 22.3 Å². The first-order valence-electron chi connectivity index (χ1n) is 12.3. The van der Waals surface area contributed by atoms with Gasteiger partial charge in [0.1, 0.15) is 11.4 Å². The fraction of sp³-hybridized carbons (Fsp3) is 0.407. The van der Waals surface area contributed by atoms with Gasteiger partial charge in [0.2, 0.25) is 10.0 Å². The molecule has 1 aliphatic rings. The van der Waals surface area contributed by atoms with Crippen molar-refractivity contribution in [2.45, 2.75) is 51.2 Å². The molecule has 0 unspecified atom stereocenters. The zero-order valence-electron chi connectivity index (χ0n) is 21.6. The van der Waals surface area contributed by atoms with Gasteiger partial charge < -0.3 is 10.1 Å². The second kappa shape index (κ2) is 10.7. The summed E-state index contributed by atoms with van der Waals surface area (Å²) in [7, 11) is -3.92. The van der Waals surface area contributed by atoms with Crippen molar-refractivity contribution in [2.75, 3.05) is 26.2 Å². The third-order valence-electron chi connectivity index (χ3n) is 6.08. The largest absolute Gasteiger partial charge is 0.460 e. The van der Waals surface area contributed by atoms with Crippen LogP contribution in [0.3, 0.4) is 0 Å². The van der Waals surface area contributed by atoms with Crippen molar-refractivity contribution in [3.63, 3.8) is 0 Å². The number of ether oxygens (including phenoxy) is 1. The second-order valence-corrected chi connectivity index (χ2v) is 12.0. The predicted molar refractivity (Wildman–Crippen MR) is 139 cm³/mol.